The molecule has 132 valence electrons. The predicted molar refractivity (Wildman–Crippen MR) is 97.1 cm³/mol. The van der Waals surface area contributed by atoms with E-state index < -0.39 is 5.56 Å². The summed E-state index contributed by atoms with van der Waals surface area (Å²) in [6.45, 7) is 4.00. The summed E-state index contributed by atoms with van der Waals surface area (Å²) >= 11 is 1.30. The Bertz CT molecular complexity index is 1030. The lowest BCUT2D eigenvalue weighted by Crippen LogP contribution is -2.14. The van der Waals surface area contributed by atoms with Crippen LogP contribution in [0.1, 0.15) is 22.6 Å². The molecule has 2 heterocycles. The van der Waals surface area contributed by atoms with Gasteiger partial charge in [-0.1, -0.05) is 29.1 Å². The first kappa shape index (κ1) is 17.8. The molecule has 0 atom stereocenters. The molecule has 8 heteroatoms. The van der Waals surface area contributed by atoms with Gasteiger partial charge in [-0.25, -0.2) is 4.98 Å². The molecule has 0 unspecified atom stereocenters. The molecule has 0 amide bonds. The number of aromatic nitrogens is 3. The number of H-pyrrole nitrogens is 1. The Hall–Kier alpha value is -3.05. The molecule has 1 N–H and O–H groups in total. The van der Waals surface area contributed by atoms with Crippen LogP contribution in [0.3, 0.4) is 0 Å². The molecule has 0 saturated carbocycles. The summed E-state index contributed by atoms with van der Waals surface area (Å²) in [6, 6.07) is 9.06. The Morgan fingerprint density at radius 2 is 2.19 bits per heavy atom. The second-order valence-electron chi connectivity index (χ2n) is 5.53. The lowest BCUT2D eigenvalue weighted by molar-refractivity contribution is 0.302. The number of hydrogen-bond donors (Lipinski definition) is 1. The van der Waals surface area contributed by atoms with Crippen molar-refractivity contribution >= 4 is 11.8 Å². The van der Waals surface area contributed by atoms with Gasteiger partial charge in [-0.05, 0) is 32.2 Å². The minimum Gasteiger partial charge on any atom is -0.489 e. The van der Waals surface area contributed by atoms with Gasteiger partial charge >= 0.3 is 0 Å². The Labute approximate surface area is 154 Å². The molecule has 0 fully saturated rings. The SMILES string of the molecule is CSc1nc(-c2cccc(OCc3c(C)noc3C)c2)c(C#N)c(=O)[nH]1. The number of aryl methyl sites for hydroxylation is 2. The first-order valence-corrected chi connectivity index (χ1v) is 8.99. The zero-order valence-corrected chi connectivity index (χ0v) is 15.3. The second-order valence-corrected chi connectivity index (χ2v) is 6.32. The van der Waals surface area contributed by atoms with Gasteiger partial charge in [-0.15, -0.1) is 0 Å². The summed E-state index contributed by atoms with van der Waals surface area (Å²) in [7, 11) is 0. The first-order chi connectivity index (χ1) is 12.5. The maximum Gasteiger partial charge on any atom is 0.270 e. The number of nitrogens with one attached hydrogen (secondary N) is 1. The molecule has 0 aliphatic rings. The van der Waals surface area contributed by atoms with E-state index in [1.54, 1.807) is 30.5 Å². The highest BCUT2D eigenvalue weighted by molar-refractivity contribution is 7.98. The average Bonchev–Trinajstić information content (AvgIpc) is 2.97. The molecule has 1 aromatic carbocycles. The van der Waals surface area contributed by atoms with Crippen LogP contribution in [-0.2, 0) is 6.61 Å². The topological polar surface area (TPSA) is 105 Å². The summed E-state index contributed by atoms with van der Waals surface area (Å²) in [5, 5.41) is 13.7. The maximum absolute atomic E-state index is 12.1. The number of thioether (sulfide) groups is 1. The molecule has 0 saturated heterocycles. The van der Waals surface area contributed by atoms with Crippen LogP contribution >= 0.6 is 11.8 Å². The van der Waals surface area contributed by atoms with Crippen LogP contribution in [0, 0.1) is 25.2 Å². The third kappa shape index (κ3) is 3.48. The smallest absolute Gasteiger partial charge is 0.270 e. The van der Waals surface area contributed by atoms with Crippen molar-refractivity contribution in [1.82, 2.24) is 15.1 Å². The molecule has 0 spiro atoms. The number of nitrogens with zero attached hydrogens (tertiary/aromatic N) is 3. The molecule has 0 radical (unpaired) electrons. The molecule has 26 heavy (non-hydrogen) atoms. The van der Waals surface area contributed by atoms with Gasteiger partial charge < -0.3 is 14.2 Å². The molecular weight excluding hydrogens is 352 g/mol. The van der Waals surface area contributed by atoms with Gasteiger partial charge in [-0.2, -0.15) is 5.26 Å². The summed E-state index contributed by atoms with van der Waals surface area (Å²) < 4.78 is 11.0. The van der Waals surface area contributed by atoms with E-state index in [0.29, 0.717) is 34.5 Å². The van der Waals surface area contributed by atoms with E-state index in [-0.39, 0.29) is 5.56 Å². The van der Waals surface area contributed by atoms with E-state index in [4.69, 9.17) is 9.26 Å². The van der Waals surface area contributed by atoms with Crippen LogP contribution in [0.5, 0.6) is 5.75 Å². The van der Waals surface area contributed by atoms with Crippen molar-refractivity contribution < 1.29 is 9.26 Å². The summed E-state index contributed by atoms with van der Waals surface area (Å²) in [5.41, 5.74) is 2.18. The Kier molecular flexibility index (Phi) is 5.09. The van der Waals surface area contributed by atoms with Gasteiger partial charge in [-0.3, -0.25) is 4.79 Å². The van der Waals surface area contributed by atoms with Crippen molar-refractivity contribution in [2.75, 3.05) is 6.26 Å². The standard InChI is InChI=1S/C18H16N4O3S/c1-10-15(11(2)25-22-10)9-24-13-6-4-5-12(7-13)16-14(8-19)17(23)21-18(20-16)26-3/h4-7H,9H2,1-3H3,(H,20,21,23). The van der Waals surface area contributed by atoms with Crippen LogP contribution < -0.4 is 10.3 Å². The van der Waals surface area contributed by atoms with Crippen LogP contribution in [0.15, 0.2) is 38.7 Å². The quantitative estimate of drug-likeness (QED) is 0.544. The third-order valence-corrected chi connectivity index (χ3v) is 4.45. The summed E-state index contributed by atoms with van der Waals surface area (Å²) in [5.74, 6) is 1.31. The molecule has 0 aliphatic heterocycles. The van der Waals surface area contributed by atoms with E-state index in [9.17, 15) is 10.1 Å². The lowest BCUT2D eigenvalue weighted by atomic mass is 10.1. The van der Waals surface area contributed by atoms with Crippen LogP contribution in [0.4, 0.5) is 0 Å². The first-order valence-electron chi connectivity index (χ1n) is 7.77. The minimum atomic E-state index is -0.455. The zero-order chi connectivity index (χ0) is 18.7. The fourth-order valence-corrected chi connectivity index (χ4v) is 2.84. The van der Waals surface area contributed by atoms with E-state index in [1.807, 2.05) is 19.9 Å². The van der Waals surface area contributed by atoms with E-state index in [1.165, 1.54) is 11.8 Å². The van der Waals surface area contributed by atoms with Gasteiger partial charge in [0.1, 0.15) is 29.7 Å². The number of hydrogen-bond acceptors (Lipinski definition) is 7. The number of nitriles is 1. The summed E-state index contributed by atoms with van der Waals surface area (Å²) in [6.07, 6.45) is 1.80. The van der Waals surface area contributed by atoms with E-state index in [0.717, 1.165) is 11.3 Å². The van der Waals surface area contributed by atoms with Crippen molar-refractivity contribution in [3.63, 3.8) is 0 Å². The molecule has 0 aliphatic carbocycles. The van der Waals surface area contributed by atoms with Gasteiger partial charge in [0.05, 0.1) is 17.0 Å². The lowest BCUT2D eigenvalue weighted by Gasteiger charge is -2.09. The Morgan fingerprint density at radius 1 is 1.38 bits per heavy atom. The largest absolute Gasteiger partial charge is 0.489 e. The van der Waals surface area contributed by atoms with E-state index >= 15 is 0 Å². The number of ether oxygens (including phenoxy) is 1. The highest BCUT2D eigenvalue weighted by Gasteiger charge is 2.14. The highest BCUT2D eigenvalue weighted by atomic mass is 32.2. The Morgan fingerprint density at radius 3 is 2.85 bits per heavy atom. The van der Waals surface area contributed by atoms with Crippen molar-refractivity contribution in [2.24, 2.45) is 0 Å². The number of benzene rings is 1. The van der Waals surface area contributed by atoms with Crippen LogP contribution in [0.25, 0.3) is 11.3 Å². The normalized spacial score (nSPS) is 10.5. The highest BCUT2D eigenvalue weighted by Crippen LogP contribution is 2.26. The molecule has 7 nitrogen and oxygen atoms in total. The fraction of sp³-hybridized carbons (Fsp3) is 0.222. The van der Waals surface area contributed by atoms with E-state index in [2.05, 4.69) is 15.1 Å². The van der Waals surface area contributed by atoms with Crippen LogP contribution in [-0.4, -0.2) is 21.4 Å². The molecule has 3 aromatic rings. The molecular formula is C18H16N4O3S. The molecule has 0 bridgehead atoms. The predicted octanol–water partition coefficient (Wildman–Crippen LogP) is 3.21. The average molecular weight is 368 g/mol. The number of aromatic amines is 1. The van der Waals surface area contributed by atoms with Crippen molar-refractivity contribution in [2.45, 2.75) is 25.6 Å². The van der Waals surface area contributed by atoms with Crippen molar-refractivity contribution in [1.29, 1.82) is 5.26 Å². The van der Waals surface area contributed by atoms with Gasteiger partial charge in [0.25, 0.3) is 5.56 Å². The second kappa shape index (κ2) is 7.45. The van der Waals surface area contributed by atoms with Gasteiger partial charge in [0.2, 0.25) is 0 Å². The molecule has 2 aromatic heterocycles. The van der Waals surface area contributed by atoms with Gasteiger partial charge in [0, 0.05) is 5.56 Å². The summed E-state index contributed by atoms with van der Waals surface area (Å²) in [4.78, 5) is 19.0. The third-order valence-electron chi connectivity index (χ3n) is 3.87. The fourth-order valence-electron chi connectivity index (χ4n) is 2.46. The van der Waals surface area contributed by atoms with Crippen molar-refractivity contribution in [3.8, 4) is 23.1 Å². The van der Waals surface area contributed by atoms with Gasteiger partial charge in [0.15, 0.2) is 5.16 Å². The Balaban J connectivity index is 1.94. The molecule has 3 rings (SSSR count). The zero-order valence-electron chi connectivity index (χ0n) is 14.5. The maximum atomic E-state index is 12.1. The minimum absolute atomic E-state index is 0.0225. The monoisotopic (exact) mass is 368 g/mol. The van der Waals surface area contributed by atoms with Crippen molar-refractivity contribution in [3.05, 3.63) is 57.2 Å². The number of rotatable bonds is 5. The van der Waals surface area contributed by atoms with Crippen LogP contribution in [0.2, 0.25) is 0 Å².